The molecule has 1 aromatic rings. The zero-order valence-electron chi connectivity index (χ0n) is 12.8. The van der Waals surface area contributed by atoms with E-state index in [1.54, 1.807) is 5.56 Å². The minimum absolute atomic E-state index is 0.695. The van der Waals surface area contributed by atoms with E-state index in [9.17, 15) is 0 Å². The Labute approximate surface area is 127 Å². The van der Waals surface area contributed by atoms with Crippen LogP contribution in [0.3, 0.4) is 0 Å². The van der Waals surface area contributed by atoms with Crippen LogP contribution in [0.15, 0.2) is 29.2 Å². The Morgan fingerprint density at radius 2 is 2.15 bits per heavy atom. The molecule has 0 saturated heterocycles. The second-order valence-electron chi connectivity index (χ2n) is 6.58. The maximum absolute atomic E-state index is 3.83. The highest BCUT2D eigenvalue weighted by Crippen LogP contribution is 2.42. The number of rotatable bonds is 4. The molecule has 2 heteroatoms. The van der Waals surface area contributed by atoms with Crippen molar-refractivity contribution in [2.45, 2.75) is 62.1 Å². The zero-order valence-corrected chi connectivity index (χ0v) is 13.6. The van der Waals surface area contributed by atoms with Crippen molar-refractivity contribution in [3.05, 3.63) is 29.8 Å². The topological polar surface area (TPSA) is 12.0 Å². The van der Waals surface area contributed by atoms with Gasteiger partial charge in [0.2, 0.25) is 0 Å². The summed E-state index contributed by atoms with van der Waals surface area (Å²) in [4.78, 5) is 1.52. The standard InChI is InChI=1S/C18H27NS/c1-3-19-18(15-9-6-7-13(2)11-15)17-12-14-8-4-5-10-16(14)20-17/h4-5,8,10,13,15,17-19H,3,6-7,9,11-12H2,1-2H3. The van der Waals surface area contributed by atoms with Crippen LogP contribution in [0, 0.1) is 11.8 Å². The largest absolute Gasteiger partial charge is 0.313 e. The lowest BCUT2D eigenvalue weighted by Gasteiger charge is -2.36. The monoisotopic (exact) mass is 289 g/mol. The first-order valence-corrected chi connectivity index (χ1v) is 9.13. The van der Waals surface area contributed by atoms with Crippen molar-refractivity contribution in [1.82, 2.24) is 5.32 Å². The molecule has 110 valence electrons. The maximum Gasteiger partial charge on any atom is 0.0291 e. The summed E-state index contributed by atoms with van der Waals surface area (Å²) in [5, 5.41) is 4.57. The minimum Gasteiger partial charge on any atom is -0.313 e. The quantitative estimate of drug-likeness (QED) is 0.875. The van der Waals surface area contributed by atoms with Gasteiger partial charge in [-0.05, 0) is 49.3 Å². The lowest BCUT2D eigenvalue weighted by atomic mass is 9.77. The van der Waals surface area contributed by atoms with Gasteiger partial charge in [-0.2, -0.15) is 0 Å². The Kier molecular flexibility index (Phi) is 4.72. The molecule has 1 aliphatic heterocycles. The van der Waals surface area contributed by atoms with Gasteiger partial charge in [-0.3, -0.25) is 0 Å². The predicted octanol–water partition coefficient (Wildman–Crippen LogP) is 4.51. The molecule has 1 N–H and O–H groups in total. The van der Waals surface area contributed by atoms with Gasteiger partial charge in [-0.25, -0.2) is 0 Å². The second-order valence-corrected chi connectivity index (χ2v) is 7.86. The molecule has 1 nitrogen and oxygen atoms in total. The number of thioether (sulfide) groups is 1. The molecule has 20 heavy (non-hydrogen) atoms. The van der Waals surface area contributed by atoms with E-state index in [0.717, 1.165) is 23.6 Å². The van der Waals surface area contributed by atoms with Crippen molar-refractivity contribution in [3.63, 3.8) is 0 Å². The molecular formula is C18H27NS. The van der Waals surface area contributed by atoms with Crippen molar-refractivity contribution in [1.29, 1.82) is 0 Å². The molecule has 1 aromatic carbocycles. The van der Waals surface area contributed by atoms with Gasteiger partial charge >= 0.3 is 0 Å². The van der Waals surface area contributed by atoms with Gasteiger partial charge in [0.05, 0.1) is 0 Å². The van der Waals surface area contributed by atoms with Crippen LogP contribution in [-0.4, -0.2) is 17.8 Å². The first kappa shape index (κ1) is 14.5. The smallest absolute Gasteiger partial charge is 0.0291 e. The number of fused-ring (bicyclic) bond motifs is 1. The molecule has 4 atom stereocenters. The first-order valence-electron chi connectivity index (χ1n) is 8.26. The van der Waals surface area contributed by atoms with Crippen molar-refractivity contribution in [3.8, 4) is 0 Å². The SMILES string of the molecule is CCNC(C1CCCC(C)C1)C1Cc2ccccc2S1. The molecule has 1 heterocycles. The number of benzene rings is 1. The van der Waals surface area contributed by atoms with Gasteiger partial charge < -0.3 is 5.32 Å². The van der Waals surface area contributed by atoms with Gasteiger partial charge in [0.25, 0.3) is 0 Å². The van der Waals surface area contributed by atoms with Crippen LogP contribution < -0.4 is 5.32 Å². The third-order valence-corrected chi connectivity index (χ3v) is 6.41. The molecule has 0 spiro atoms. The van der Waals surface area contributed by atoms with Crippen molar-refractivity contribution in [2.24, 2.45) is 11.8 Å². The summed E-state index contributed by atoms with van der Waals surface area (Å²) < 4.78 is 0. The zero-order chi connectivity index (χ0) is 13.9. The van der Waals surface area contributed by atoms with Gasteiger partial charge in [0, 0.05) is 16.2 Å². The highest BCUT2D eigenvalue weighted by Gasteiger charge is 2.35. The normalized spacial score (nSPS) is 31.0. The van der Waals surface area contributed by atoms with E-state index < -0.39 is 0 Å². The van der Waals surface area contributed by atoms with E-state index in [-0.39, 0.29) is 0 Å². The van der Waals surface area contributed by atoms with Crippen LogP contribution in [0.4, 0.5) is 0 Å². The highest BCUT2D eigenvalue weighted by molar-refractivity contribution is 8.00. The molecule has 2 aliphatic rings. The lowest BCUT2D eigenvalue weighted by molar-refractivity contribution is 0.220. The van der Waals surface area contributed by atoms with Crippen LogP contribution in [0.5, 0.6) is 0 Å². The third-order valence-electron chi connectivity index (χ3n) is 5.00. The average molecular weight is 289 g/mol. The Hall–Kier alpha value is -0.470. The third kappa shape index (κ3) is 3.07. The van der Waals surface area contributed by atoms with Crippen LogP contribution in [0.25, 0.3) is 0 Å². The second kappa shape index (κ2) is 6.53. The summed E-state index contributed by atoms with van der Waals surface area (Å²) in [6.07, 6.45) is 6.97. The summed E-state index contributed by atoms with van der Waals surface area (Å²) in [5.74, 6) is 1.80. The number of hydrogen-bond donors (Lipinski definition) is 1. The maximum atomic E-state index is 3.83. The fourth-order valence-electron chi connectivity index (χ4n) is 4.05. The highest BCUT2D eigenvalue weighted by atomic mass is 32.2. The molecule has 0 amide bonds. The predicted molar refractivity (Wildman–Crippen MR) is 88.4 cm³/mol. The van der Waals surface area contributed by atoms with Gasteiger partial charge in [0.15, 0.2) is 0 Å². The molecular weight excluding hydrogens is 262 g/mol. The molecule has 4 unspecified atom stereocenters. The molecule has 3 rings (SSSR count). The van der Waals surface area contributed by atoms with E-state index in [1.807, 2.05) is 0 Å². The minimum atomic E-state index is 0.695. The van der Waals surface area contributed by atoms with Crippen LogP contribution in [-0.2, 0) is 6.42 Å². The Morgan fingerprint density at radius 1 is 1.30 bits per heavy atom. The molecule has 1 saturated carbocycles. The average Bonchev–Trinajstić information content (AvgIpc) is 2.88. The van der Waals surface area contributed by atoms with Crippen molar-refractivity contribution < 1.29 is 0 Å². The summed E-state index contributed by atoms with van der Waals surface area (Å²) in [7, 11) is 0. The number of hydrogen-bond acceptors (Lipinski definition) is 2. The molecule has 0 aromatic heterocycles. The van der Waals surface area contributed by atoms with E-state index in [4.69, 9.17) is 0 Å². The lowest BCUT2D eigenvalue weighted by Crippen LogP contribution is -2.45. The summed E-state index contributed by atoms with van der Waals surface area (Å²) >= 11 is 2.12. The summed E-state index contributed by atoms with van der Waals surface area (Å²) in [6.45, 7) is 5.79. The van der Waals surface area contributed by atoms with Crippen LogP contribution in [0.1, 0.15) is 45.1 Å². The van der Waals surface area contributed by atoms with Crippen molar-refractivity contribution >= 4 is 11.8 Å². The van der Waals surface area contributed by atoms with E-state index in [2.05, 4.69) is 55.2 Å². The Bertz CT molecular complexity index is 420. The van der Waals surface area contributed by atoms with Gasteiger partial charge in [-0.15, -0.1) is 11.8 Å². The first-order chi connectivity index (χ1) is 9.78. The van der Waals surface area contributed by atoms with Gasteiger partial charge in [0.1, 0.15) is 0 Å². The number of nitrogens with one attached hydrogen (secondary N) is 1. The molecule has 1 fully saturated rings. The van der Waals surface area contributed by atoms with Crippen LogP contribution in [0.2, 0.25) is 0 Å². The Morgan fingerprint density at radius 3 is 2.90 bits per heavy atom. The Balaban J connectivity index is 1.72. The summed E-state index contributed by atoms with van der Waals surface area (Å²) in [6, 6.07) is 9.67. The van der Waals surface area contributed by atoms with Crippen molar-refractivity contribution in [2.75, 3.05) is 6.54 Å². The fraction of sp³-hybridized carbons (Fsp3) is 0.667. The molecule has 1 aliphatic carbocycles. The van der Waals surface area contributed by atoms with Crippen LogP contribution >= 0.6 is 11.8 Å². The summed E-state index contributed by atoms with van der Waals surface area (Å²) in [5.41, 5.74) is 1.56. The van der Waals surface area contributed by atoms with E-state index >= 15 is 0 Å². The van der Waals surface area contributed by atoms with E-state index in [1.165, 1.54) is 37.0 Å². The van der Waals surface area contributed by atoms with Gasteiger partial charge in [-0.1, -0.05) is 44.9 Å². The van der Waals surface area contributed by atoms with E-state index in [0.29, 0.717) is 6.04 Å². The fourth-order valence-corrected chi connectivity index (χ4v) is 5.57. The molecule has 0 radical (unpaired) electrons. The molecule has 0 bridgehead atoms.